The summed E-state index contributed by atoms with van der Waals surface area (Å²) in [6.07, 6.45) is 1.95. The standard InChI is InChI=1S/C19H18N4O/c1-14-7-5-6-10-17(14)19(24)22-11-16(12-22)23-13-18(20-21-23)15-8-3-2-4-9-15/h2-10,13,16H,11-12H2,1H3. The first-order chi connectivity index (χ1) is 11.7. The van der Waals surface area contributed by atoms with E-state index < -0.39 is 0 Å². The molecule has 4 rings (SSSR count). The van der Waals surface area contributed by atoms with Crippen LogP contribution in [0.2, 0.25) is 0 Å². The number of aromatic nitrogens is 3. The Morgan fingerprint density at radius 1 is 1.04 bits per heavy atom. The van der Waals surface area contributed by atoms with Gasteiger partial charge in [-0.3, -0.25) is 4.79 Å². The van der Waals surface area contributed by atoms with Crippen molar-refractivity contribution >= 4 is 5.91 Å². The number of hydrogen-bond acceptors (Lipinski definition) is 3. The topological polar surface area (TPSA) is 51.0 Å². The minimum absolute atomic E-state index is 0.0905. The van der Waals surface area contributed by atoms with Crippen LogP contribution in [0.15, 0.2) is 60.8 Å². The SMILES string of the molecule is Cc1ccccc1C(=O)N1CC(n2cc(-c3ccccc3)nn2)C1. The van der Waals surface area contributed by atoms with E-state index in [9.17, 15) is 4.79 Å². The average molecular weight is 318 g/mol. The quantitative estimate of drug-likeness (QED) is 0.746. The predicted molar refractivity (Wildman–Crippen MR) is 91.6 cm³/mol. The van der Waals surface area contributed by atoms with E-state index in [0.717, 1.165) is 22.4 Å². The summed E-state index contributed by atoms with van der Waals surface area (Å²) in [5.74, 6) is 0.0905. The molecule has 2 aromatic carbocycles. The second-order valence-corrected chi connectivity index (χ2v) is 6.13. The summed E-state index contributed by atoms with van der Waals surface area (Å²) in [6.45, 7) is 3.31. The maximum Gasteiger partial charge on any atom is 0.254 e. The van der Waals surface area contributed by atoms with E-state index in [1.165, 1.54) is 0 Å². The van der Waals surface area contributed by atoms with Crippen molar-refractivity contribution in [1.29, 1.82) is 0 Å². The predicted octanol–water partition coefficient (Wildman–Crippen LogP) is 2.95. The largest absolute Gasteiger partial charge is 0.334 e. The van der Waals surface area contributed by atoms with Gasteiger partial charge < -0.3 is 4.90 Å². The zero-order chi connectivity index (χ0) is 16.5. The molecule has 0 spiro atoms. The van der Waals surface area contributed by atoms with E-state index in [4.69, 9.17) is 0 Å². The molecular formula is C19H18N4O. The van der Waals surface area contributed by atoms with Crippen LogP contribution in [0.5, 0.6) is 0 Å². The van der Waals surface area contributed by atoms with Gasteiger partial charge in [0.2, 0.25) is 0 Å². The molecule has 5 heteroatoms. The summed E-state index contributed by atoms with van der Waals surface area (Å²) in [7, 11) is 0. The van der Waals surface area contributed by atoms with Gasteiger partial charge in [0.15, 0.2) is 0 Å². The highest BCUT2D eigenvalue weighted by molar-refractivity contribution is 5.96. The molecule has 0 aliphatic carbocycles. The lowest BCUT2D eigenvalue weighted by Gasteiger charge is -2.39. The molecule has 0 N–H and O–H groups in total. The number of amides is 1. The third-order valence-corrected chi connectivity index (χ3v) is 4.48. The third kappa shape index (κ3) is 2.58. The van der Waals surface area contributed by atoms with Crippen molar-refractivity contribution in [2.45, 2.75) is 13.0 Å². The average Bonchev–Trinajstić information content (AvgIpc) is 3.04. The summed E-state index contributed by atoms with van der Waals surface area (Å²) >= 11 is 0. The van der Waals surface area contributed by atoms with Crippen LogP contribution in [-0.2, 0) is 0 Å². The molecule has 1 aliphatic heterocycles. The third-order valence-electron chi connectivity index (χ3n) is 4.48. The first kappa shape index (κ1) is 14.6. The molecule has 0 saturated carbocycles. The molecule has 2 heterocycles. The number of likely N-dealkylation sites (tertiary alicyclic amines) is 1. The zero-order valence-corrected chi connectivity index (χ0v) is 13.5. The van der Waals surface area contributed by atoms with E-state index in [0.29, 0.717) is 13.1 Å². The first-order valence-electron chi connectivity index (χ1n) is 8.04. The number of carbonyl (C=O) groups excluding carboxylic acids is 1. The number of rotatable bonds is 3. The minimum Gasteiger partial charge on any atom is -0.334 e. The van der Waals surface area contributed by atoms with Gasteiger partial charge in [-0.25, -0.2) is 4.68 Å². The van der Waals surface area contributed by atoms with Crippen molar-refractivity contribution in [1.82, 2.24) is 19.9 Å². The molecule has 5 nitrogen and oxygen atoms in total. The van der Waals surface area contributed by atoms with Crippen LogP contribution in [0.25, 0.3) is 11.3 Å². The summed E-state index contributed by atoms with van der Waals surface area (Å²) in [4.78, 5) is 14.4. The van der Waals surface area contributed by atoms with Crippen molar-refractivity contribution in [2.75, 3.05) is 13.1 Å². The van der Waals surface area contributed by atoms with Gasteiger partial charge in [0.25, 0.3) is 5.91 Å². The molecule has 1 aromatic heterocycles. The van der Waals surface area contributed by atoms with Crippen LogP contribution in [0.3, 0.4) is 0 Å². The van der Waals surface area contributed by atoms with Crippen molar-refractivity contribution in [3.8, 4) is 11.3 Å². The Morgan fingerprint density at radius 3 is 2.50 bits per heavy atom. The molecule has 0 bridgehead atoms. The molecule has 24 heavy (non-hydrogen) atoms. The molecule has 0 radical (unpaired) electrons. The van der Waals surface area contributed by atoms with Crippen LogP contribution in [0, 0.1) is 6.92 Å². The Balaban J connectivity index is 1.44. The Hall–Kier alpha value is -2.95. The van der Waals surface area contributed by atoms with E-state index in [1.807, 2.05) is 77.3 Å². The van der Waals surface area contributed by atoms with Gasteiger partial charge in [-0.1, -0.05) is 53.7 Å². The molecule has 1 amide bonds. The normalized spacial score (nSPS) is 14.5. The number of aryl methyl sites for hydroxylation is 1. The highest BCUT2D eigenvalue weighted by atomic mass is 16.2. The molecule has 3 aromatic rings. The molecule has 1 saturated heterocycles. The first-order valence-corrected chi connectivity index (χ1v) is 8.04. The number of benzene rings is 2. The van der Waals surface area contributed by atoms with E-state index in [2.05, 4.69) is 10.3 Å². The van der Waals surface area contributed by atoms with E-state index in [-0.39, 0.29) is 11.9 Å². The number of carbonyl (C=O) groups is 1. The summed E-state index contributed by atoms with van der Waals surface area (Å²) < 4.78 is 1.87. The fraction of sp³-hybridized carbons (Fsp3) is 0.211. The van der Waals surface area contributed by atoms with Crippen molar-refractivity contribution in [3.63, 3.8) is 0 Å². The van der Waals surface area contributed by atoms with Crippen LogP contribution >= 0.6 is 0 Å². The Kier molecular flexibility index (Phi) is 3.61. The Bertz CT molecular complexity index is 866. The monoisotopic (exact) mass is 318 g/mol. The van der Waals surface area contributed by atoms with Crippen LogP contribution in [0.4, 0.5) is 0 Å². The van der Waals surface area contributed by atoms with Gasteiger partial charge in [0.1, 0.15) is 5.69 Å². The fourth-order valence-corrected chi connectivity index (χ4v) is 2.97. The van der Waals surface area contributed by atoms with Gasteiger partial charge in [-0.05, 0) is 18.6 Å². The summed E-state index contributed by atoms with van der Waals surface area (Å²) in [5, 5.41) is 8.47. The van der Waals surface area contributed by atoms with Gasteiger partial charge in [0, 0.05) is 24.2 Å². The molecule has 0 unspecified atom stereocenters. The molecule has 0 atom stereocenters. The van der Waals surface area contributed by atoms with E-state index in [1.54, 1.807) is 0 Å². The van der Waals surface area contributed by atoms with Gasteiger partial charge in [0.05, 0.1) is 12.2 Å². The maximum absolute atomic E-state index is 12.5. The zero-order valence-electron chi connectivity index (χ0n) is 13.5. The fourth-order valence-electron chi connectivity index (χ4n) is 2.97. The lowest BCUT2D eigenvalue weighted by molar-refractivity contribution is 0.0497. The summed E-state index contributed by atoms with van der Waals surface area (Å²) in [6, 6.07) is 17.9. The van der Waals surface area contributed by atoms with Gasteiger partial charge >= 0.3 is 0 Å². The maximum atomic E-state index is 12.5. The molecule has 120 valence electrons. The van der Waals surface area contributed by atoms with Crippen LogP contribution in [0.1, 0.15) is 22.0 Å². The van der Waals surface area contributed by atoms with Crippen molar-refractivity contribution < 1.29 is 4.79 Å². The number of hydrogen-bond donors (Lipinski definition) is 0. The van der Waals surface area contributed by atoms with Crippen molar-refractivity contribution in [2.24, 2.45) is 0 Å². The second-order valence-electron chi connectivity index (χ2n) is 6.13. The van der Waals surface area contributed by atoms with Gasteiger partial charge in [-0.15, -0.1) is 5.10 Å². The Morgan fingerprint density at radius 2 is 1.75 bits per heavy atom. The Labute approximate surface area is 140 Å². The minimum atomic E-state index is 0.0905. The highest BCUT2D eigenvalue weighted by Gasteiger charge is 2.33. The second kappa shape index (κ2) is 5.92. The van der Waals surface area contributed by atoms with E-state index >= 15 is 0 Å². The summed E-state index contributed by atoms with van der Waals surface area (Å²) in [5.41, 5.74) is 3.70. The smallest absolute Gasteiger partial charge is 0.254 e. The van der Waals surface area contributed by atoms with Crippen molar-refractivity contribution in [3.05, 3.63) is 71.9 Å². The molecule has 1 fully saturated rings. The van der Waals surface area contributed by atoms with Crippen LogP contribution in [-0.4, -0.2) is 38.9 Å². The highest BCUT2D eigenvalue weighted by Crippen LogP contribution is 2.25. The van der Waals surface area contributed by atoms with Crippen LogP contribution < -0.4 is 0 Å². The molecular weight excluding hydrogens is 300 g/mol. The lowest BCUT2D eigenvalue weighted by atomic mass is 10.0. The number of nitrogens with zero attached hydrogens (tertiary/aromatic N) is 4. The van der Waals surface area contributed by atoms with Gasteiger partial charge in [-0.2, -0.15) is 0 Å². The lowest BCUT2D eigenvalue weighted by Crippen LogP contribution is -2.51. The molecule has 1 aliphatic rings.